The third-order valence-corrected chi connectivity index (χ3v) is 5.97. The number of benzene rings is 2. The van der Waals surface area contributed by atoms with Gasteiger partial charge in [0.2, 0.25) is 0 Å². The maximum atomic E-state index is 11.9. The monoisotopic (exact) mass is 430 g/mol. The molecule has 0 radical (unpaired) electrons. The lowest BCUT2D eigenvalue weighted by Gasteiger charge is -2.44. The second-order valence-corrected chi connectivity index (χ2v) is 8.64. The zero-order valence-electron chi connectivity index (χ0n) is 17.7. The van der Waals surface area contributed by atoms with Crippen LogP contribution in [0.2, 0.25) is 0 Å². The van der Waals surface area contributed by atoms with Crippen molar-refractivity contribution in [2.24, 2.45) is 0 Å². The van der Waals surface area contributed by atoms with Crippen LogP contribution in [0.25, 0.3) is 0 Å². The SMILES string of the molecule is CCS[C@@H]1OC(C)[C@H](OCc2ccccc2)C(OCc2ccccc2)C1OC(C)=O. The first kappa shape index (κ1) is 22.8. The Bertz CT molecular complexity index is 770. The summed E-state index contributed by atoms with van der Waals surface area (Å²) in [6.07, 6.45) is -1.56. The van der Waals surface area contributed by atoms with Gasteiger partial charge < -0.3 is 18.9 Å². The predicted octanol–water partition coefficient (Wildman–Crippen LogP) is 4.59. The molecule has 0 bridgehead atoms. The Hall–Kier alpha value is -1.86. The van der Waals surface area contributed by atoms with E-state index in [9.17, 15) is 4.79 Å². The summed E-state index contributed by atoms with van der Waals surface area (Å²) in [5.41, 5.74) is 1.83. The van der Waals surface area contributed by atoms with E-state index in [1.165, 1.54) is 6.92 Å². The lowest BCUT2D eigenvalue weighted by Crippen LogP contribution is -2.58. The van der Waals surface area contributed by atoms with E-state index in [2.05, 4.69) is 6.92 Å². The van der Waals surface area contributed by atoms with E-state index >= 15 is 0 Å². The molecule has 2 aromatic carbocycles. The molecular formula is C24H30O5S. The van der Waals surface area contributed by atoms with Crippen LogP contribution < -0.4 is 0 Å². The summed E-state index contributed by atoms with van der Waals surface area (Å²) < 4.78 is 24.5. The predicted molar refractivity (Wildman–Crippen MR) is 118 cm³/mol. The number of rotatable bonds is 9. The normalized spacial score (nSPS) is 26.3. The van der Waals surface area contributed by atoms with E-state index in [0.717, 1.165) is 16.9 Å². The van der Waals surface area contributed by atoms with Crippen molar-refractivity contribution in [2.75, 3.05) is 5.75 Å². The van der Waals surface area contributed by atoms with Crippen LogP contribution in [0.1, 0.15) is 31.9 Å². The van der Waals surface area contributed by atoms with E-state index in [-0.39, 0.29) is 23.6 Å². The van der Waals surface area contributed by atoms with E-state index in [0.29, 0.717) is 13.2 Å². The number of carbonyl (C=O) groups excluding carboxylic acids is 1. The van der Waals surface area contributed by atoms with Crippen molar-refractivity contribution in [2.45, 2.75) is 63.8 Å². The summed E-state index contributed by atoms with van der Waals surface area (Å²) >= 11 is 1.61. The highest BCUT2D eigenvalue weighted by Crippen LogP contribution is 2.34. The molecule has 3 unspecified atom stereocenters. The maximum absolute atomic E-state index is 11.9. The van der Waals surface area contributed by atoms with Crippen LogP contribution in [0.5, 0.6) is 0 Å². The fraction of sp³-hybridized carbons (Fsp3) is 0.458. The smallest absolute Gasteiger partial charge is 0.303 e. The molecule has 0 spiro atoms. The van der Waals surface area contributed by atoms with Gasteiger partial charge in [-0.1, -0.05) is 67.6 Å². The average Bonchev–Trinajstić information content (AvgIpc) is 2.75. The molecule has 1 saturated heterocycles. The lowest BCUT2D eigenvalue weighted by atomic mass is 9.99. The van der Waals surface area contributed by atoms with Crippen LogP contribution in [0.3, 0.4) is 0 Å². The molecule has 162 valence electrons. The first-order valence-corrected chi connectivity index (χ1v) is 11.4. The van der Waals surface area contributed by atoms with E-state index in [1.54, 1.807) is 11.8 Å². The van der Waals surface area contributed by atoms with Crippen LogP contribution in [0.4, 0.5) is 0 Å². The molecule has 1 aliphatic heterocycles. The highest BCUT2D eigenvalue weighted by atomic mass is 32.2. The Morgan fingerprint density at radius 2 is 1.43 bits per heavy atom. The topological polar surface area (TPSA) is 54.0 Å². The van der Waals surface area contributed by atoms with Crippen molar-refractivity contribution in [3.05, 3.63) is 71.8 Å². The Balaban J connectivity index is 1.80. The fourth-order valence-corrected chi connectivity index (χ4v) is 4.52. The van der Waals surface area contributed by atoms with Gasteiger partial charge in [0.05, 0.1) is 19.3 Å². The second kappa shape index (κ2) is 11.5. The molecule has 1 aliphatic rings. The molecule has 30 heavy (non-hydrogen) atoms. The molecule has 3 rings (SSSR count). The zero-order valence-corrected chi connectivity index (χ0v) is 18.5. The van der Waals surface area contributed by atoms with Crippen LogP contribution >= 0.6 is 11.8 Å². The Labute approximate surface area is 183 Å². The number of hydrogen-bond donors (Lipinski definition) is 0. The molecule has 5 nitrogen and oxygen atoms in total. The standard InChI is InChI=1S/C24H30O5S/c1-4-30-24-23(29-18(3)25)22(27-16-20-13-9-6-10-14-20)21(17(2)28-24)26-15-19-11-7-5-8-12-19/h5-14,17,21-24H,4,15-16H2,1-3H3/t17?,21-,22?,23?,24-/m0/s1. The summed E-state index contributed by atoms with van der Waals surface area (Å²) in [5.74, 6) is 0.491. The molecule has 0 aliphatic carbocycles. The van der Waals surface area contributed by atoms with E-state index < -0.39 is 12.2 Å². The zero-order chi connectivity index (χ0) is 21.3. The second-order valence-electron chi connectivity index (χ2n) is 7.26. The first-order valence-electron chi connectivity index (χ1n) is 10.3. The number of carbonyl (C=O) groups is 1. The molecule has 2 aromatic rings. The molecular weight excluding hydrogens is 400 g/mol. The molecule has 1 fully saturated rings. The lowest BCUT2D eigenvalue weighted by molar-refractivity contribution is -0.237. The molecule has 0 aromatic heterocycles. The summed E-state index contributed by atoms with van der Waals surface area (Å²) in [6, 6.07) is 20.0. The van der Waals surface area contributed by atoms with Crippen LogP contribution in [0, 0.1) is 0 Å². The summed E-state index contributed by atoms with van der Waals surface area (Å²) in [5, 5.41) is 0. The number of ether oxygens (including phenoxy) is 4. The van der Waals surface area contributed by atoms with Crippen molar-refractivity contribution in [1.29, 1.82) is 0 Å². The highest BCUT2D eigenvalue weighted by molar-refractivity contribution is 7.99. The van der Waals surface area contributed by atoms with Crippen LogP contribution in [-0.4, -0.2) is 41.6 Å². The van der Waals surface area contributed by atoms with E-state index in [4.69, 9.17) is 18.9 Å². The third-order valence-electron chi connectivity index (χ3n) is 4.93. The van der Waals surface area contributed by atoms with Gasteiger partial charge in [-0.25, -0.2) is 0 Å². The molecule has 0 N–H and O–H groups in total. The van der Waals surface area contributed by atoms with Gasteiger partial charge in [-0.15, -0.1) is 11.8 Å². The largest absolute Gasteiger partial charge is 0.456 e. The fourth-order valence-electron chi connectivity index (χ4n) is 3.54. The number of hydrogen-bond acceptors (Lipinski definition) is 6. The minimum Gasteiger partial charge on any atom is -0.456 e. The highest BCUT2D eigenvalue weighted by Gasteiger charge is 2.47. The first-order chi connectivity index (χ1) is 14.6. The maximum Gasteiger partial charge on any atom is 0.303 e. The van der Waals surface area contributed by atoms with E-state index in [1.807, 2.05) is 67.6 Å². The van der Waals surface area contributed by atoms with Crippen LogP contribution in [-0.2, 0) is 37.0 Å². The van der Waals surface area contributed by atoms with Crippen molar-refractivity contribution in [3.63, 3.8) is 0 Å². The minimum absolute atomic E-state index is 0.203. The van der Waals surface area contributed by atoms with Gasteiger partial charge >= 0.3 is 5.97 Å². The average molecular weight is 431 g/mol. The number of esters is 1. The summed E-state index contributed by atoms with van der Waals surface area (Å²) in [4.78, 5) is 11.9. The van der Waals surface area contributed by atoms with Gasteiger partial charge in [-0.3, -0.25) is 4.79 Å². The third kappa shape index (κ3) is 6.32. The van der Waals surface area contributed by atoms with Gasteiger partial charge in [0, 0.05) is 6.92 Å². The molecule has 1 heterocycles. The molecule has 0 amide bonds. The Morgan fingerprint density at radius 3 is 1.93 bits per heavy atom. The minimum atomic E-state index is -0.548. The quantitative estimate of drug-likeness (QED) is 0.543. The number of thioether (sulfide) groups is 1. The van der Waals surface area contributed by atoms with Gasteiger partial charge in [0.15, 0.2) is 6.10 Å². The van der Waals surface area contributed by atoms with Gasteiger partial charge in [0.25, 0.3) is 0 Å². The summed E-state index contributed by atoms with van der Waals surface area (Å²) in [7, 11) is 0. The van der Waals surface area contributed by atoms with Crippen molar-refractivity contribution in [3.8, 4) is 0 Å². The van der Waals surface area contributed by atoms with Crippen LogP contribution in [0.15, 0.2) is 60.7 Å². The van der Waals surface area contributed by atoms with Gasteiger partial charge in [-0.2, -0.15) is 0 Å². The van der Waals surface area contributed by atoms with Crippen molar-refractivity contribution in [1.82, 2.24) is 0 Å². The van der Waals surface area contributed by atoms with Gasteiger partial charge in [0.1, 0.15) is 17.6 Å². The summed E-state index contributed by atoms with van der Waals surface area (Å²) in [6.45, 7) is 6.30. The van der Waals surface area contributed by atoms with Gasteiger partial charge in [-0.05, 0) is 23.8 Å². The molecule has 5 atom stereocenters. The van der Waals surface area contributed by atoms with Crippen molar-refractivity contribution >= 4 is 17.7 Å². The molecule has 0 saturated carbocycles. The Kier molecular flexibility index (Phi) is 8.75. The Morgan fingerprint density at radius 1 is 0.900 bits per heavy atom. The van der Waals surface area contributed by atoms with Crippen molar-refractivity contribution < 1.29 is 23.7 Å². The molecule has 6 heteroatoms.